The molecule has 8 rings (SSSR count). The van der Waals surface area contributed by atoms with E-state index in [1.165, 1.54) is 15.0 Å². The standard InChI is InChI=1S/C51H50O7S/c1-52-36-57-45-27-26-42(28-43(45)30-44-29-41-24-14-15-25-47(41)59-44)48-50(55-33-39-20-10-4-11-21-39)51(56-34-40-22-12-5-13-23-40)49(54-32-38-18-8-3-9-19-38)46(58-48)35-53-31-37-16-6-2-7-17-37/h2-29,46,48-51H,30-36H2,1H3/t46-,48+,49-,50+,51+/m1/s1. The lowest BCUT2D eigenvalue weighted by Crippen LogP contribution is -2.58. The average molecular weight is 807 g/mol. The van der Waals surface area contributed by atoms with Crippen molar-refractivity contribution in [1.29, 1.82) is 0 Å². The quantitative estimate of drug-likeness (QED) is 0.0754. The van der Waals surface area contributed by atoms with Gasteiger partial charge in [-0.15, -0.1) is 11.3 Å². The van der Waals surface area contributed by atoms with Gasteiger partial charge in [0.1, 0.15) is 36.3 Å². The van der Waals surface area contributed by atoms with Crippen molar-refractivity contribution >= 4 is 21.4 Å². The summed E-state index contributed by atoms with van der Waals surface area (Å²) in [7, 11) is 1.64. The molecule has 2 heterocycles. The number of thiophene rings is 1. The summed E-state index contributed by atoms with van der Waals surface area (Å²) in [4.78, 5) is 1.23. The van der Waals surface area contributed by atoms with Gasteiger partial charge in [-0.25, -0.2) is 0 Å². The normalized spacial score (nSPS) is 19.2. The van der Waals surface area contributed by atoms with Crippen LogP contribution in [0.4, 0.5) is 0 Å². The summed E-state index contributed by atoms with van der Waals surface area (Å²) in [6.07, 6.45) is -2.00. The molecule has 6 aromatic carbocycles. The van der Waals surface area contributed by atoms with E-state index in [4.69, 9.17) is 33.2 Å². The maximum absolute atomic E-state index is 7.25. The minimum Gasteiger partial charge on any atom is -0.467 e. The van der Waals surface area contributed by atoms with Gasteiger partial charge in [0.2, 0.25) is 0 Å². The van der Waals surface area contributed by atoms with Crippen molar-refractivity contribution in [2.24, 2.45) is 0 Å². The zero-order valence-corrected chi connectivity index (χ0v) is 34.1. The van der Waals surface area contributed by atoms with E-state index < -0.39 is 30.5 Å². The summed E-state index contributed by atoms with van der Waals surface area (Å²) in [5, 5.41) is 1.23. The molecule has 1 fully saturated rings. The topological polar surface area (TPSA) is 64.6 Å². The third-order valence-corrected chi connectivity index (χ3v) is 11.6. The molecule has 0 amide bonds. The Morgan fingerprint density at radius 2 is 1.08 bits per heavy atom. The number of methoxy groups -OCH3 is 1. The van der Waals surface area contributed by atoms with Gasteiger partial charge in [-0.2, -0.15) is 0 Å². The molecular weight excluding hydrogens is 757 g/mol. The van der Waals surface area contributed by atoms with Crippen molar-refractivity contribution in [3.05, 3.63) is 208 Å². The number of hydrogen-bond acceptors (Lipinski definition) is 8. The highest BCUT2D eigenvalue weighted by molar-refractivity contribution is 7.19. The maximum Gasteiger partial charge on any atom is 0.188 e. The minimum absolute atomic E-state index is 0.137. The predicted molar refractivity (Wildman–Crippen MR) is 232 cm³/mol. The molecule has 7 aromatic rings. The van der Waals surface area contributed by atoms with Crippen molar-refractivity contribution in [1.82, 2.24) is 0 Å². The fourth-order valence-electron chi connectivity index (χ4n) is 7.55. The zero-order valence-electron chi connectivity index (χ0n) is 33.3. The van der Waals surface area contributed by atoms with Gasteiger partial charge in [-0.05, 0) is 63.0 Å². The molecule has 59 heavy (non-hydrogen) atoms. The van der Waals surface area contributed by atoms with Gasteiger partial charge in [0.05, 0.1) is 33.0 Å². The number of fused-ring (bicyclic) bond motifs is 1. The first-order valence-electron chi connectivity index (χ1n) is 20.2. The van der Waals surface area contributed by atoms with Crippen LogP contribution in [0.25, 0.3) is 10.1 Å². The Morgan fingerprint density at radius 3 is 1.68 bits per heavy atom. The number of benzene rings is 6. The highest BCUT2D eigenvalue weighted by atomic mass is 32.1. The van der Waals surface area contributed by atoms with Crippen LogP contribution in [-0.2, 0) is 61.3 Å². The van der Waals surface area contributed by atoms with E-state index >= 15 is 0 Å². The van der Waals surface area contributed by atoms with Crippen LogP contribution >= 0.6 is 11.3 Å². The molecule has 0 N–H and O–H groups in total. The van der Waals surface area contributed by atoms with Gasteiger partial charge in [0.15, 0.2) is 6.79 Å². The van der Waals surface area contributed by atoms with Crippen molar-refractivity contribution in [3.8, 4) is 5.75 Å². The van der Waals surface area contributed by atoms with E-state index in [0.717, 1.165) is 39.1 Å². The Kier molecular flexibility index (Phi) is 14.2. The first kappa shape index (κ1) is 40.6. The predicted octanol–water partition coefficient (Wildman–Crippen LogP) is 10.9. The minimum atomic E-state index is -0.562. The molecule has 0 aliphatic carbocycles. The fraction of sp³-hybridized carbons (Fsp3) is 0.255. The summed E-state index contributed by atoms with van der Waals surface area (Å²) in [6, 6.07) is 57.9. The molecule has 7 nitrogen and oxygen atoms in total. The van der Waals surface area contributed by atoms with Crippen LogP contribution in [0.3, 0.4) is 0 Å². The second kappa shape index (κ2) is 20.7. The van der Waals surface area contributed by atoms with Gasteiger partial charge in [-0.3, -0.25) is 0 Å². The Hall–Kier alpha value is -5.16. The highest BCUT2D eigenvalue weighted by Gasteiger charge is 2.49. The van der Waals surface area contributed by atoms with Crippen LogP contribution in [-0.4, -0.2) is 44.9 Å². The first-order chi connectivity index (χ1) is 29.2. The molecule has 1 aliphatic rings. The Bertz CT molecular complexity index is 2270. The molecule has 8 heteroatoms. The Balaban J connectivity index is 1.18. The molecule has 302 valence electrons. The smallest absolute Gasteiger partial charge is 0.188 e. The van der Waals surface area contributed by atoms with E-state index in [1.807, 2.05) is 78.9 Å². The zero-order chi connectivity index (χ0) is 40.1. The number of hydrogen-bond donors (Lipinski definition) is 0. The highest BCUT2D eigenvalue weighted by Crippen LogP contribution is 2.41. The van der Waals surface area contributed by atoms with Crippen LogP contribution in [0.5, 0.6) is 5.75 Å². The second-order valence-electron chi connectivity index (χ2n) is 14.7. The third kappa shape index (κ3) is 10.9. The Labute approximate surface area is 351 Å². The number of ether oxygens (including phenoxy) is 7. The molecule has 1 saturated heterocycles. The largest absolute Gasteiger partial charge is 0.467 e. The molecular formula is C51H50O7S. The molecule has 0 spiro atoms. The summed E-state index contributed by atoms with van der Waals surface area (Å²) >= 11 is 1.79. The second-order valence-corrected chi connectivity index (χ2v) is 15.9. The average Bonchev–Trinajstić information content (AvgIpc) is 3.70. The van der Waals surface area contributed by atoms with Crippen molar-refractivity contribution in [3.63, 3.8) is 0 Å². The summed E-state index contributed by atoms with van der Waals surface area (Å²) in [5.74, 6) is 0.759. The molecule has 1 aromatic heterocycles. The summed E-state index contributed by atoms with van der Waals surface area (Å²) < 4.78 is 47.4. The molecule has 5 atom stereocenters. The van der Waals surface area contributed by atoms with Gasteiger partial charge < -0.3 is 33.2 Å². The van der Waals surface area contributed by atoms with Crippen LogP contribution in [0.1, 0.15) is 44.4 Å². The van der Waals surface area contributed by atoms with E-state index in [0.29, 0.717) is 32.8 Å². The van der Waals surface area contributed by atoms with Crippen molar-refractivity contribution in [2.75, 3.05) is 20.5 Å². The first-order valence-corrected chi connectivity index (χ1v) is 21.0. The lowest BCUT2D eigenvalue weighted by atomic mass is 9.89. The van der Waals surface area contributed by atoms with Crippen molar-refractivity contribution in [2.45, 2.75) is 63.4 Å². The van der Waals surface area contributed by atoms with Gasteiger partial charge >= 0.3 is 0 Å². The van der Waals surface area contributed by atoms with Gasteiger partial charge in [0, 0.05) is 23.1 Å². The fourth-order valence-corrected chi connectivity index (χ4v) is 8.63. The number of rotatable bonds is 19. The van der Waals surface area contributed by atoms with E-state index in [2.05, 4.69) is 91.0 Å². The summed E-state index contributed by atoms with van der Waals surface area (Å²) in [5.41, 5.74) is 6.22. The van der Waals surface area contributed by atoms with Crippen LogP contribution in [0, 0.1) is 0 Å². The monoisotopic (exact) mass is 806 g/mol. The van der Waals surface area contributed by atoms with Gasteiger partial charge in [0.25, 0.3) is 0 Å². The molecule has 0 radical (unpaired) electrons. The van der Waals surface area contributed by atoms with Crippen LogP contribution in [0.15, 0.2) is 170 Å². The summed E-state index contributed by atoms with van der Waals surface area (Å²) in [6.45, 7) is 1.96. The van der Waals surface area contributed by atoms with Gasteiger partial charge in [-0.1, -0.05) is 146 Å². The molecule has 0 saturated carbocycles. The molecule has 1 aliphatic heterocycles. The molecule has 0 bridgehead atoms. The van der Waals surface area contributed by atoms with E-state index in [1.54, 1.807) is 18.4 Å². The van der Waals surface area contributed by atoms with Crippen LogP contribution in [0.2, 0.25) is 0 Å². The third-order valence-electron chi connectivity index (χ3n) is 10.5. The Morgan fingerprint density at radius 1 is 0.542 bits per heavy atom. The van der Waals surface area contributed by atoms with Crippen molar-refractivity contribution < 1.29 is 33.2 Å². The van der Waals surface area contributed by atoms with E-state index in [9.17, 15) is 0 Å². The molecule has 0 unspecified atom stereocenters. The lowest BCUT2D eigenvalue weighted by Gasteiger charge is -2.46. The maximum atomic E-state index is 7.25. The lowest BCUT2D eigenvalue weighted by molar-refractivity contribution is -0.275. The SMILES string of the molecule is COCOc1ccc([C@@H]2O[C@H](COCc3ccccc3)[C@@H](OCc3ccccc3)[C@H](OCc3ccccc3)[C@H]2OCc2ccccc2)cc1Cc1cc2ccccc2s1. The van der Waals surface area contributed by atoms with E-state index in [-0.39, 0.29) is 13.4 Å². The van der Waals surface area contributed by atoms with Crippen LogP contribution < -0.4 is 4.74 Å².